The Kier molecular flexibility index (Phi) is 8.48. The van der Waals surface area contributed by atoms with Gasteiger partial charge in [-0.05, 0) is 45.1 Å². The lowest BCUT2D eigenvalue weighted by molar-refractivity contribution is -0.129. The molecular formula is C29H33N3O5S. The smallest absolute Gasteiger partial charge is 0.290 e. The second-order valence-electron chi connectivity index (χ2n) is 9.35. The Morgan fingerprint density at radius 1 is 1.16 bits per heavy atom. The summed E-state index contributed by atoms with van der Waals surface area (Å²) < 4.78 is 11.4. The second-order valence-corrected chi connectivity index (χ2v) is 10.4. The summed E-state index contributed by atoms with van der Waals surface area (Å²) in [6, 6.07) is 14.2. The van der Waals surface area contributed by atoms with Crippen LogP contribution in [-0.2, 0) is 4.79 Å². The number of ether oxygens (including phenoxy) is 2. The minimum absolute atomic E-state index is 0.0479. The molecule has 0 radical (unpaired) electrons. The molecule has 0 aliphatic carbocycles. The van der Waals surface area contributed by atoms with E-state index in [1.165, 1.54) is 11.3 Å². The molecule has 8 nitrogen and oxygen atoms in total. The van der Waals surface area contributed by atoms with E-state index in [0.29, 0.717) is 52.3 Å². The van der Waals surface area contributed by atoms with Crippen molar-refractivity contribution in [3.8, 4) is 22.1 Å². The van der Waals surface area contributed by atoms with Gasteiger partial charge in [-0.15, -0.1) is 11.3 Å². The van der Waals surface area contributed by atoms with E-state index in [9.17, 15) is 14.7 Å². The molecule has 2 aromatic carbocycles. The lowest BCUT2D eigenvalue weighted by Crippen LogP contribution is -2.36. The monoisotopic (exact) mass is 535 g/mol. The Morgan fingerprint density at radius 2 is 1.89 bits per heavy atom. The van der Waals surface area contributed by atoms with Crippen LogP contribution in [0, 0.1) is 6.92 Å². The largest absolute Gasteiger partial charge is 0.503 e. The molecule has 200 valence electrons. The number of ketones is 1. The number of hydrogen-bond acceptors (Lipinski definition) is 8. The van der Waals surface area contributed by atoms with E-state index in [1.807, 2.05) is 56.3 Å². The minimum atomic E-state index is -0.786. The summed E-state index contributed by atoms with van der Waals surface area (Å²) in [6.07, 6.45) is 0.809. The van der Waals surface area contributed by atoms with Crippen LogP contribution in [0.2, 0.25) is 0 Å². The lowest BCUT2D eigenvalue weighted by Gasteiger charge is -2.28. The van der Waals surface area contributed by atoms with Crippen molar-refractivity contribution in [3.63, 3.8) is 0 Å². The van der Waals surface area contributed by atoms with Gasteiger partial charge in [0.2, 0.25) is 5.78 Å². The zero-order valence-corrected chi connectivity index (χ0v) is 23.2. The van der Waals surface area contributed by atoms with Crippen molar-refractivity contribution in [2.24, 2.45) is 0 Å². The van der Waals surface area contributed by atoms with Gasteiger partial charge in [-0.1, -0.05) is 43.3 Å². The summed E-state index contributed by atoms with van der Waals surface area (Å²) >= 11 is 1.26. The van der Waals surface area contributed by atoms with Gasteiger partial charge in [-0.3, -0.25) is 9.59 Å². The van der Waals surface area contributed by atoms with Gasteiger partial charge in [0.25, 0.3) is 5.91 Å². The summed E-state index contributed by atoms with van der Waals surface area (Å²) in [6.45, 7) is 5.15. The van der Waals surface area contributed by atoms with Gasteiger partial charge in [-0.2, -0.15) is 0 Å². The number of aryl methyl sites for hydroxylation is 1. The van der Waals surface area contributed by atoms with Crippen LogP contribution >= 0.6 is 11.3 Å². The average molecular weight is 536 g/mol. The summed E-state index contributed by atoms with van der Waals surface area (Å²) in [4.78, 5) is 35.8. The molecule has 1 aliphatic rings. The third kappa shape index (κ3) is 5.44. The summed E-state index contributed by atoms with van der Waals surface area (Å²) in [5.74, 6) is -0.432. The van der Waals surface area contributed by atoms with Crippen LogP contribution in [0.3, 0.4) is 0 Å². The van der Waals surface area contributed by atoms with Gasteiger partial charge in [0, 0.05) is 18.7 Å². The zero-order chi connectivity index (χ0) is 27.4. The van der Waals surface area contributed by atoms with Crippen molar-refractivity contribution in [1.82, 2.24) is 14.8 Å². The van der Waals surface area contributed by atoms with Gasteiger partial charge in [0.15, 0.2) is 17.3 Å². The van der Waals surface area contributed by atoms with Crippen molar-refractivity contribution in [3.05, 3.63) is 76.0 Å². The van der Waals surface area contributed by atoms with E-state index in [0.717, 1.165) is 12.0 Å². The van der Waals surface area contributed by atoms with Crippen LogP contribution in [0.4, 0.5) is 0 Å². The number of thiazole rings is 1. The Labute approximate surface area is 227 Å². The van der Waals surface area contributed by atoms with Crippen molar-refractivity contribution in [2.45, 2.75) is 26.3 Å². The molecule has 0 fully saturated rings. The molecule has 1 aliphatic heterocycles. The van der Waals surface area contributed by atoms with Crippen LogP contribution in [0.5, 0.6) is 11.5 Å². The average Bonchev–Trinajstić information content (AvgIpc) is 3.43. The molecule has 1 N–H and O–H groups in total. The highest BCUT2D eigenvalue weighted by molar-refractivity contribution is 7.17. The number of benzene rings is 2. The highest BCUT2D eigenvalue weighted by Crippen LogP contribution is 2.43. The number of carbonyl (C=O) groups is 2. The normalized spacial score (nSPS) is 15.5. The van der Waals surface area contributed by atoms with Crippen molar-refractivity contribution in [1.29, 1.82) is 0 Å². The fourth-order valence-electron chi connectivity index (χ4n) is 4.39. The number of hydrogen-bond donors (Lipinski definition) is 1. The Morgan fingerprint density at radius 3 is 2.55 bits per heavy atom. The number of aliphatic hydroxyl groups excluding tert-OH is 1. The SMILES string of the molecule is CCCOc1cc(C2C(C(=O)c3sc(-c4ccccc4)nc3C)=C(O)C(=O)N2CCN(C)C)ccc1OC. The van der Waals surface area contributed by atoms with Gasteiger partial charge in [0.1, 0.15) is 5.01 Å². The third-order valence-corrected chi connectivity index (χ3v) is 7.53. The van der Waals surface area contributed by atoms with Gasteiger partial charge in [-0.25, -0.2) is 4.98 Å². The maximum Gasteiger partial charge on any atom is 0.290 e. The molecule has 1 amide bonds. The Balaban J connectivity index is 1.79. The number of amides is 1. The zero-order valence-electron chi connectivity index (χ0n) is 22.4. The molecule has 0 bridgehead atoms. The Hall–Kier alpha value is -3.69. The van der Waals surface area contributed by atoms with Crippen LogP contribution in [0.1, 0.15) is 40.3 Å². The number of Topliss-reactive ketones (excluding diaryl/α,β-unsaturated/α-hetero) is 1. The fourth-order valence-corrected chi connectivity index (χ4v) is 5.42. The number of rotatable bonds is 11. The molecule has 9 heteroatoms. The second kappa shape index (κ2) is 11.8. The van der Waals surface area contributed by atoms with E-state index in [1.54, 1.807) is 37.1 Å². The van der Waals surface area contributed by atoms with Gasteiger partial charge < -0.3 is 24.4 Å². The molecule has 38 heavy (non-hydrogen) atoms. The van der Waals surface area contributed by atoms with Crippen molar-refractivity contribution < 1.29 is 24.2 Å². The van der Waals surface area contributed by atoms with Crippen LogP contribution in [0.25, 0.3) is 10.6 Å². The molecule has 0 saturated heterocycles. The number of nitrogens with zero attached hydrogens (tertiary/aromatic N) is 3. The van der Waals surface area contributed by atoms with Crippen molar-refractivity contribution >= 4 is 23.0 Å². The summed E-state index contributed by atoms with van der Waals surface area (Å²) in [7, 11) is 5.38. The van der Waals surface area contributed by atoms with Crippen molar-refractivity contribution in [2.75, 3.05) is 40.9 Å². The van der Waals surface area contributed by atoms with Gasteiger partial charge in [0.05, 0.1) is 35.9 Å². The molecule has 0 saturated carbocycles. The summed E-state index contributed by atoms with van der Waals surface area (Å²) in [5, 5.41) is 11.8. The topological polar surface area (TPSA) is 92.2 Å². The Bertz CT molecular complexity index is 1350. The fraction of sp³-hybridized carbons (Fsp3) is 0.345. The first-order valence-corrected chi connectivity index (χ1v) is 13.4. The molecule has 2 heterocycles. The molecular weight excluding hydrogens is 502 g/mol. The van der Waals surface area contributed by atoms with E-state index in [-0.39, 0.29) is 5.57 Å². The molecule has 1 atom stereocenters. The van der Waals surface area contributed by atoms with Gasteiger partial charge >= 0.3 is 0 Å². The maximum absolute atomic E-state index is 14.0. The molecule has 4 rings (SSSR count). The van der Waals surface area contributed by atoms with Crippen LogP contribution in [-0.4, -0.2) is 72.5 Å². The number of methoxy groups -OCH3 is 1. The predicted octanol–water partition coefficient (Wildman–Crippen LogP) is 5.06. The van der Waals surface area contributed by atoms with Crippen LogP contribution < -0.4 is 9.47 Å². The third-order valence-electron chi connectivity index (χ3n) is 6.33. The number of aromatic nitrogens is 1. The first-order chi connectivity index (χ1) is 18.3. The number of likely N-dealkylation sites (N-methyl/N-ethyl adjacent to an activating group) is 1. The number of carbonyl (C=O) groups excluding carboxylic acids is 2. The molecule has 1 aromatic heterocycles. The van der Waals surface area contributed by atoms with Crippen LogP contribution in [0.15, 0.2) is 59.9 Å². The number of aliphatic hydroxyl groups is 1. The van der Waals surface area contributed by atoms with E-state index >= 15 is 0 Å². The lowest BCUT2D eigenvalue weighted by atomic mass is 9.94. The predicted molar refractivity (Wildman–Crippen MR) is 148 cm³/mol. The summed E-state index contributed by atoms with van der Waals surface area (Å²) in [5.41, 5.74) is 2.16. The minimum Gasteiger partial charge on any atom is -0.503 e. The van der Waals surface area contributed by atoms with E-state index in [2.05, 4.69) is 4.98 Å². The molecule has 3 aromatic rings. The molecule has 0 spiro atoms. The first kappa shape index (κ1) is 27.3. The first-order valence-electron chi connectivity index (χ1n) is 12.5. The highest BCUT2D eigenvalue weighted by Gasteiger charge is 2.44. The quantitative estimate of drug-likeness (QED) is 0.343. The van der Waals surface area contributed by atoms with E-state index in [4.69, 9.17) is 9.47 Å². The standard InChI is InChI=1S/C29H33N3O5S/c1-6-16-37-22-17-20(12-13-21(22)36-5)24-23(26(34)29(35)32(24)15-14-31(3)4)25(33)27-18(2)30-28(38-27)19-10-8-7-9-11-19/h7-13,17,24,34H,6,14-16H2,1-5H3. The highest BCUT2D eigenvalue weighted by atomic mass is 32.1. The molecule has 1 unspecified atom stereocenters. The maximum atomic E-state index is 14.0. The van der Waals surface area contributed by atoms with E-state index < -0.39 is 23.5 Å².